The summed E-state index contributed by atoms with van der Waals surface area (Å²) in [6.07, 6.45) is 7.85. The van der Waals surface area contributed by atoms with Crippen LogP contribution in [-0.4, -0.2) is 61.2 Å². The lowest BCUT2D eigenvalue weighted by atomic mass is 9.92. The minimum atomic E-state index is -0.487. The number of pyridine rings is 1. The summed E-state index contributed by atoms with van der Waals surface area (Å²) < 4.78 is 25.4. The van der Waals surface area contributed by atoms with Gasteiger partial charge >= 0.3 is 0 Å². The van der Waals surface area contributed by atoms with Crippen molar-refractivity contribution in [1.82, 2.24) is 20.2 Å². The first-order valence-electron chi connectivity index (χ1n) is 12.4. The van der Waals surface area contributed by atoms with Gasteiger partial charge in [-0.3, -0.25) is 9.78 Å². The van der Waals surface area contributed by atoms with Crippen LogP contribution in [0.25, 0.3) is 11.3 Å². The Labute approximate surface area is 210 Å². The summed E-state index contributed by atoms with van der Waals surface area (Å²) in [5.74, 6) is 0.125. The van der Waals surface area contributed by atoms with E-state index in [0.717, 1.165) is 30.6 Å². The first kappa shape index (κ1) is 24.1. The minimum Gasteiger partial charge on any atom is -0.494 e. The predicted octanol–water partition coefficient (Wildman–Crippen LogP) is 4.68. The molecule has 4 heterocycles. The highest BCUT2D eigenvalue weighted by molar-refractivity contribution is 6.07. The summed E-state index contributed by atoms with van der Waals surface area (Å²) >= 11 is 0. The Morgan fingerprint density at radius 1 is 1.19 bits per heavy atom. The summed E-state index contributed by atoms with van der Waals surface area (Å²) in [6, 6.07) is 6.51. The minimum absolute atomic E-state index is 0.0819. The van der Waals surface area contributed by atoms with Crippen LogP contribution < -0.4 is 20.1 Å². The fourth-order valence-electron chi connectivity index (χ4n) is 5.31. The molecule has 0 radical (unpaired) electrons. The smallest absolute Gasteiger partial charge is 0.255 e. The Bertz CT molecular complexity index is 1240. The molecule has 3 N–H and O–H groups in total. The van der Waals surface area contributed by atoms with E-state index in [4.69, 9.17) is 9.47 Å². The summed E-state index contributed by atoms with van der Waals surface area (Å²) in [5.41, 5.74) is 3.84. The fourth-order valence-corrected chi connectivity index (χ4v) is 5.31. The third-order valence-electron chi connectivity index (χ3n) is 7.10. The monoisotopic (exact) mass is 493 g/mol. The molecule has 8 nitrogen and oxygen atoms in total. The molecule has 3 aromatic rings. The third kappa shape index (κ3) is 4.63. The van der Waals surface area contributed by atoms with E-state index in [1.807, 2.05) is 6.07 Å². The lowest BCUT2D eigenvalue weighted by molar-refractivity contribution is 0.0939. The quantitative estimate of drug-likeness (QED) is 0.401. The Hall–Kier alpha value is -3.59. The Morgan fingerprint density at radius 3 is 2.81 bits per heavy atom. The molecule has 2 aliphatic heterocycles. The molecule has 1 aromatic carbocycles. The van der Waals surface area contributed by atoms with Crippen molar-refractivity contribution in [3.63, 3.8) is 0 Å². The van der Waals surface area contributed by atoms with E-state index in [-0.39, 0.29) is 17.6 Å². The number of halogens is 1. The van der Waals surface area contributed by atoms with E-state index in [2.05, 4.69) is 25.5 Å². The zero-order chi connectivity index (χ0) is 25.1. The lowest BCUT2D eigenvalue weighted by Crippen LogP contribution is -2.35. The van der Waals surface area contributed by atoms with E-state index in [0.29, 0.717) is 34.9 Å². The van der Waals surface area contributed by atoms with Crippen LogP contribution in [0.1, 0.15) is 47.7 Å². The predicted molar refractivity (Wildman–Crippen MR) is 137 cm³/mol. The van der Waals surface area contributed by atoms with E-state index < -0.39 is 5.82 Å². The normalized spacial score (nSPS) is 17.5. The number of carbonyl (C=O) groups excluding carboxylic acids is 1. The van der Waals surface area contributed by atoms with E-state index in [9.17, 15) is 9.18 Å². The average Bonchev–Trinajstić information content (AvgIpc) is 3.54. The van der Waals surface area contributed by atoms with Gasteiger partial charge in [0.15, 0.2) is 11.6 Å². The van der Waals surface area contributed by atoms with Crippen LogP contribution in [0.3, 0.4) is 0 Å². The largest absolute Gasteiger partial charge is 0.494 e. The highest BCUT2D eigenvalue weighted by atomic mass is 19.1. The van der Waals surface area contributed by atoms with Crippen LogP contribution in [0.15, 0.2) is 36.7 Å². The molecule has 36 heavy (non-hydrogen) atoms. The van der Waals surface area contributed by atoms with Crippen molar-refractivity contribution >= 4 is 17.3 Å². The molecule has 0 unspecified atom stereocenters. The number of anilines is 2. The van der Waals surface area contributed by atoms with E-state index in [1.54, 1.807) is 31.6 Å². The second-order valence-corrected chi connectivity index (χ2v) is 9.28. The van der Waals surface area contributed by atoms with Crippen molar-refractivity contribution in [2.75, 3.05) is 45.7 Å². The van der Waals surface area contributed by atoms with Gasteiger partial charge in [0.05, 0.1) is 43.0 Å². The molecule has 0 bridgehead atoms. The number of nitrogens with one attached hydrogen (secondary N) is 3. The van der Waals surface area contributed by atoms with Crippen molar-refractivity contribution in [2.24, 2.45) is 0 Å². The van der Waals surface area contributed by atoms with E-state index in [1.165, 1.54) is 39.1 Å². The molecule has 9 heteroatoms. The second kappa shape index (κ2) is 10.6. The number of methoxy groups -OCH3 is 2. The fraction of sp³-hybridized carbons (Fsp3) is 0.407. The molecule has 2 aromatic heterocycles. The number of hydrogen-bond donors (Lipinski definition) is 3. The molecular weight excluding hydrogens is 461 g/mol. The summed E-state index contributed by atoms with van der Waals surface area (Å²) in [7, 11) is 3.01. The molecule has 0 aliphatic carbocycles. The first-order valence-corrected chi connectivity index (χ1v) is 12.4. The Balaban J connectivity index is 1.56. The first-order chi connectivity index (χ1) is 17.6. The number of rotatable bonds is 9. The molecule has 1 atom stereocenters. The molecular formula is C27H32FN5O3. The topological polar surface area (TPSA) is 91.5 Å². The van der Waals surface area contributed by atoms with Crippen LogP contribution in [0.2, 0.25) is 0 Å². The highest BCUT2D eigenvalue weighted by Gasteiger charge is 2.33. The maximum absolute atomic E-state index is 14.5. The summed E-state index contributed by atoms with van der Waals surface area (Å²) in [6.45, 7) is 3.98. The lowest BCUT2D eigenvalue weighted by Gasteiger charge is -2.25. The second-order valence-electron chi connectivity index (χ2n) is 9.28. The number of fused-ring (bicyclic) bond motifs is 1. The maximum Gasteiger partial charge on any atom is 0.255 e. The summed E-state index contributed by atoms with van der Waals surface area (Å²) in [5, 5.41) is 6.37. The molecule has 1 fully saturated rings. The summed E-state index contributed by atoms with van der Waals surface area (Å²) in [4.78, 5) is 23.4. The van der Waals surface area contributed by atoms with Gasteiger partial charge in [0, 0.05) is 29.9 Å². The molecule has 0 saturated carbocycles. The van der Waals surface area contributed by atoms with Gasteiger partial charge < -0.3 is 30.0 Å². The van der Waals surface area contributed by atoms with Gasteiger partial charge in [0.1, 0.15) is 5.75 Å². The van der Waals surface area contributed by atoms with E-state index >= 15 is 0 Å². The third-order valence-corrected chi connectivity index (χ3v) is 7.10. The Morgan fingerprint density at radius 2 is 2.03 bits per heavy atom. The molecule has 5 rings (SSSR count). The number of para-hydroxylation sites is 1. The van der Waals surface area contributed by atoms with Crippen molar-refractivity contribution in [1.29, 1.82) is 0 Å². The zero-order valence-corrected chi connectivity index (χ0v) is 20.7. The number of aromatic amines is 1. The van der Waals surface area contributed by atoms with Crippen molar-refractivity contribution < 1.29 is 18.7 Å². The van der Waals surface area contributed by atoms with Crippen molar-refractivity contribution in [2.45, 2.75) is 31.6 Å². The number of nitrogens with zero attached hydrogens (tertiary/aromatic N) is 2. The molecule has 2 aliphatic rings. The molecule has 1 amide bonds. The van der Waals surface area contributed by atoms with Crippen molar-refractivity contribution in [3.05, 3.63) is 53.7 Å². The van der Waals surface area contributed by atoms with Gasteiger partial charge in [-0.1, -0.05) is 6.07 Å². The Kier molecular flexibility index (Phi) is 7.09. The number of hydrogen-bond acceptors (Lipinski definition) is 6. The number of H-pyrrole nitrogens is 1. The number of aromatic nitrogens is 2. The number of amides is 1. The van der Waals surface area contributed by atoms with Crippen LogP contribution in [0.5, 0.6) is 11.5 Å². The number of carbonyl (C=O) groups is 1. The van der Waals surface area contributed by atoms with Crippen LogP contribution in [-0.2, 0) is 0 Å². The number of benzene rings is 1. The zero-order valence-electron chi connectivity index (χ0n) is 20.7. The van der Waals surface area contributed by atoms with Crippen LogP contribution >= 0.6 is 0 Å². The molecule has 190 valence electrons. The van der Waals surface area contributed by atoms with Crippen molar-refractivity contribution in [3.8, 4) is 22.8 Å². The van der Waals surface area contributed by atoms with Gasteiger partial charge in [0.25, 0.3) is 5.91 Å². The van der Waals surface area contributed by atoms with Gasteiger partial charge in [-0.2, -0.15) is 0 Å². The average molecular weight is 494 g/mol. The van der Waals surface area contributed by atoms with Gasteiger partial charge in [0.2, 0.25) is 0 Å². The highest BCUT2D eigenvalue weighted by Crippen LogP contribution is 2.44. The molecule has 0 spiro atoms. The van der Waals surface area contributed by atoms with Gasteiger partial charge in [-0.15, -0.1) is 0 Å². The van der Waals surface area contributed by atoms with Crippen LogP contribution in [0.4, 0.5) is 15.8 Å². The van der Waals surface area contributed by atoms with Crippen LogP contribution in [0, 0.1) is 5.82 Å². The van der Waals surface area contributed by atoms with Gasteiger partial charge in [-0.05, 0) is 63.5 Å². The SMILES string of the molecule is COc1cnccc1-c1[nH]c2c(c1Nc1cccc(F)c1OC)C(=O)NC[C@@H]2CCCN1CCCC1. The molecule has 1 saturated heterocycles. The number of ether oxygens (including phenoxy) is 2. The number of likely N-dealkylation sites (tertiary alicyclic amines) is 1. The maximum atomic E-state index is 14.5. The van der Waals surface area contributed by atoms with Gasteiger partial charge in [-0.25, -0.2) is 4.39 Å². The standard InChI is InChI=1S/C27H32FN5O3/c1-35-21-16-29-11-10-18(21)24-25(31-20-9-5-8-19(28)26(20)36-2)22-23(32-24)17(15-30-27(22)34)7-6-14-33-12-3-4-13-33/h5,8-11,16-17,31-32H,3-4,6-7,12-15H2,1-2H3,(H,30,34)/t17-/m0/s1.